The number of rotatable bonds is 9. The predicted octanol–water partition coefficient (Wildman–Crippen LogP) is 37.4. The van der Waals surface area contributed by atoms with E-state index in [1.54, 1.807) is 0 Å². The van der Waals surface area contributed by atoms with Crippen molar-refractivity contribution in [3.05, 3.63) is 510 Å². The molecular weight excluding hydrogens is 1590 g/mol. The van der Waals surface area contributed by atoms with Gasteiger partial charge in [0.05, 0.1) is 0 Å². The largest absolute Gasteiger partial charge is 0.0616 e. The minimum Gasteiger partial charge on any atom is -0.0616 e. The van der Waals surface area contributed by atoms with Gasteiger partial charge in [0.15, 0.2) is 0 Å². The van der Waals surface area contributed by atoms with E-state index in [0.717, 1.165) is 0 Å². The Kier molecular flexibility index (Phi) is 19.1. The van der Waals surface area contributed by atoms with Gasteiger partial charge in [-0.3, -0.25) is 0 Å². The zero-order valence-electron chi connectivity index (χ0n) is 72.5. The molecule has 0 aliphatic carbocycles. The van der Waals surface area contributed by atoms with Crippen molar-refractivity contribution >= 4 is 162 Å². The second-order valence-corrected chi connectivity index (χ2v) is 35.0. The zero-order valence-corrected chi connectivity index (χ0v) is 72.5. The quantitative estimate of drug-likeness (QED) is 0.126. The highest BCUT2D eigenvalue weighted by Crippen LogP contribution is 2.53. The Labute approximate surface area is 765 Å². The first kappa shape index (κ1) is 77.2. The van der Waals surface area contributed by atoms with Crippen molar-refractivity contribution in [1.82, 2.24) is 0 Å². The van der Waals surface area contributed by atoms with Crippen molar-refractivity contribution in [3.63, 3.8) is 0 Å². The highest BCUT2D eigenvalue weighted by Gasteiger charge is 2.26. The molecule has 0 amide bonds. The third-order valence-corrected chi connectivity index (χ3v) is 27.6. The third-order valence-electron chi connectivity index (χ3n) is 27.6. The molecule has 0 unspecified atom stereocenters. The molecule has 132 heavy (non-hydrogen) atoms. The Morgan fingerprint density at radius 3 is 0.705 bits per heavy atom. The van der Waals surface area contributed by atoms with Crippen LogP contribution in [0.15, 0.2) is 510 Å². The summed E-state index contributed by atoms with van der Waals surface area (Å²) in [5.74, 6) is 0. The first-order chi connectivity index (χ1) is 65.5. The molecule has 27 aromatic carbocycles. The van der Waals surface area contributed by atoms with Crippen LogP contribution in [0.4, 0.5) is 0 Å². The normalized spacial score (nSPS) is 11.6. The van der Waals surface area contributed by atoms with Gasteiger partial charge in [-0.05, 0) is 304 Å². The molecule has 0 nitrogen and oxygen atoms in total. The number of hydrogen-bond acceptors (Lipinski definition) is 0. The van der Waals surface area contributed by atoms with Crippen molar-refractivity contribution in [2.24, 2.45) is 0 Å². The third kappa shape index (κ3) is 13.4. The Morgan fingerprint density at radius 2 is 0.303 bits per heavy atom. The monoisotopic (exact) mass is 1670 g/mol. The fourth-order valence-electron chi connectivity index (χ4n) is 21.6. The van der Waals surface area contributed by atoms with Gasteiger partial charge in [0.2, 0.25) is 0 Å². The Hall–Kier alpha value is -17.2. The number of hydrogen-bond donors (Lipinski definition) is 0. The number of fused-ring (bicyclic) bond motifs is 15. The molecule has 0 saturated heterocycles. The predicted molar refractivity (Wildman–Crippen MR) is 571 cm³/mol. The summed E-state index contributed by atoms with van der Waals surface area (Å²) < 4.78 is 0. The average molecular weight is 1670 g/mol. The standard InChI is InChI=1S/3C44H28/c1-3-14-32-27-34(23-21-29(32)11-1)37-26-25-31-13-5-6-16-36(31)43(37)44-40-19-9-7-17-38(40)42(39-18-8-10-20-41(39)44)35-24-22-30-12-2-4-15-33(30)28-35;1-3-13-31-25-33(23-21-29(31)11-1)36-27-34-15-5-6-16-37(34)42(28-36)44-40-19-9-7-17-38(40)43(39-18-8-10-20-41(39)44)35-24-22-30-12-2-4-14-32(30)26-35;1-2-14-31-28-32(25-24-29(31)12-1)43-38-19-7-9-21-40(38)44(41-22-10-8-20-39(41)43)42-27-26-37(35-17-5-6-18-36(35)42)34-23-11-15-30-13-3-4-16-33(30)34/h3*1-28H. The minimum atomic E-state index is 1.23. The van der Waals surface area contributed by atoms with E-state index >= 15 is 0 Å². The van der Waals surface area contributed by atoms with E-state index in [1.807, 2.05) is 0 Å². The molecule has 0 fully saturated rings. The van der Waals surface area contributed by atoms with Gasteiger partial charge in [-0.25, -0.2) is 0 Å². The summed E-state index contributed by atoms with van der Waals surface area (Å²) >= 11 is 0. The SMILES string of the molecule is c1ccc2cc(-c3c4ccccc4c(-c4ccc(-c5cccc6ccccc56)c5ccccc45)c4ccccc34)ccc2c1.c1ccc2cc(-c3cc(-c4c5ccccc5c(-c5ccc6ccccc6c5)c5ccccc45)c4ccccc4c3)ccc2c1.c1ccc2cc(-c3ccc4ccccc4c3-c3c4ccccc4c(-c4ccc5ccccc5c4)c4ccccc34)ccc2c1. The van der Waals surface area contributed by atoms with Crippen molar-refractivity contribution in [3.8, 4) is 100 Å². The number of benzene rings is 27. The van der Waals surface area contributed by atoms with Gasteiger partial charge < -0.3 is 0 Å². The summed E-state index contributed by atoms with van der Waals surface area (Å²) in [5.41, 5.74) is 22.8. The first-order valence-corrected chi connectivity index (χ1v) is 45.8. The van der Waals surface area contributed by atoms with Crippen molar-refractivity contribution in [2.75, 3.05) is 0 Å². The Balaban J connectivity index is 0.000000106. The minimum absolute atomic E-state index is 1.23. The van der Waals surface area contributed by atoms with Crippen molar-refractivity contribution < 1.29 is 0 Å². The second kappa shape index (κ2) is 32.6. The van der Waals surface area contributed by atoms with Gasteiger partial charge >= 0.3 is 0 Å². The highest BCUT2D eigenvalue weighted by molar-refractivity contribution is 6.29. The summed E-state index contributed by atoms with van der Waals surface area (Å²) in [5, 5.41) is 38.0. The summed E-state index contributed by atoms with van der Waals surface area (Å²) in [6.07, 6.45) is 0. The Morgan fingerprint density at radius 1 is 0.0758 bits per heavy atom. The summed E-state index contributed by atoms with van der Waals surface area (Å²) in [6, 6.07) is 187. The summed E-state index contributed by atoms with van der Waals surface area (Å²) in [6.45, 7) is 0. The van der Waals surface area contributed by atoms with Gasteiger partial charge in [0, 0.05) is 0 Å². The topological polar surface area (TPSA) is 0 Å². The van der Waals surface area contributed by atoms with Gasteiger partial charge in [0.1, 0.15) is 0 Å². The van der Waals surface area contributed by atoms with E-state index < -0.39 is 0 Å². The maximum absolute atomic E-state index is 2.41. The van der Waals surface area contributed by atoms with E-state index in [9.17, 15) is 0 Å². The lowest BCUT2D eigenvalue weighted by atomic mass is 9.81. The summed E-state index contributed by atoms with van der Waals surface area (Å²) in [7, 11) is 0. The average Bonchev–Trinajstić information content (AvgIpc) is 0.794. The van der Waals surface area contributed by atoms with Crippen LogP contribution in [0.5, 0.6) is 0 Å². The van der Waals surface area contributed by atoms with E-state index in [4.69, 9.17) is 0 Å². The van der Waals surface area contributed by atoms with Crippen LogP contribution in [0.2, 0.25) is 0 Å². The molecule has 0 radical (unpaired) electrons. The fraction of sp³-hybridized carbons (Fsp3) is 0. The maximum Gasteiger partial charge on any atom is -0.00139 e. The first-order valence-electron chi connectivity index (χ1n) is 45.8. The van der Waals surface area contributed by atoms with Crippen LogP contribution in [-0.2, 0) is 0 Å². The molecule has 27 aromatic rings. The van der Waals surface area contributed by atoms with Gasteiger partial charge in [-0.15, -0.1) is 0 Å². The molecule has 0 heteroatoms. The molecule has 0 aliphatic heterocycles. The summed E-state index contributed by atoms with van der Waals surface area (Å²) in [4.78, 5) is 0. The molecule has 0 heterocycles. The molecule has 0 bridgehead atoms. The van der Waals surface area contributed by atoms with Crippen LogP contribution in [0.25, 0.3) is 262 Å². The van der Waals surface area contributed by atoms with Crippen LogP contribution in [0, 0.1) is 0 Å². The lowest BCUT2D eigenvalue weighted by Gasteiger charge is -2.21. The van der Waals surface area contributed by atoms with Crippen molar-refractivity contribution in [2.45, 2.75) is 0 Å². The van der Waals surface area contributed by atoms with E-state index in [0.29, 0.717) is 0 Å². The molecule has 612 valence electrons. The molecule has 27 rings (SSSR count). The van der Waals surface area contributed by atoms with Crippen molar-refractivity contribution in [1.29, 1.82) is 0 Å². The Bertz CT molecular complexity index is 9190. The highest BCUT2D eigenvalue weighted by atomic mass is 14.3. The smallest absolute Gasteiger partial charge is 0.00139 e. The molecule has 0 N–H and O–H groups in total. The lowest BCUT2D eigenvalue weighted by molar-refractivity contribution is 1.65. The fourth-order valence-corrected chi connectivity index (χ4v) is 21.6. The molecule has 0 saturated carbocycles. The van der Waals surface area contributed by atoms with Crippen LogP contribution in [0.3, 0.4) is 0 Å². The van der Waals surface area contributed by atoms with Gasteiger partial charge in [-0.1, -0.05) is 467 Å². The lowest BCUT2D eigenvalue weighted by Crippen LogP contribution is -1.94. The van der Waals surface area contributed by atoms with Gasteiger partial charge in [0.25, 0.3) is 0 Å². The molecule has 0 aliphatic rings. The molecule has 0 spiro atoms. The molecule has 0 aromatic heterocycles. The van der Waals surface area contributed by atoms with Crippen LogP contribution < -0.4 is 0 Å². The van der Waals surface area contributed by atoms with E-state index in [2.05, 4.69) is 510 Å². The van der Waals surface area contributed by atoms with Gasteiger partial charge in [-0.2, -0.15) is 0 Å². The van der Waals surface area contributed by atoms with Crippen LogP contribution in [0.1, 0.15) is 0 Å². The maximum atomic E-state index is 2.41. The second-order valence-electron chi connectivity index (χ2n) is 35.0. The van der Waals surface area contributed by atoms with E-state index in [1.165, 1.54) is 262 Å². The zero-order chi connectivity index (χ0) is 87.1. The van der Waals surface area contributed by atoms with Crippen LogP contribution in [-0.4, -0.2) is 0 Å². The molecular formula is C132H84. The van der Waals surface area contributed by atoms with Crippen LogP contribution >= 0.6 is 0 Å². The van der Waals surface area contributed by atoms with E-state index in [-0.39, 0.29) is 0 Å². The molecule has 0 atom stereocenters.